The Bertz CT molecular complexity index is 3160. The van der Waals surface area contributed by atoms with E-state index < -0.39 is 0 Å². The predicted octanol–water partition coefficient (Wildman–Crippen LogP) is 16.5. The normalized spacial score (nSPS) is 12.7. The minimum atomic E-state index is -0.154. The highest BCUT2D eigenvalue weighted by Crippen LogP contribution is 2.54. The van der Waals surface area contributed by atoms with E-state index in [2.05, 4.69) is 231 Å². The molecular formula is C57H41NS. The van der Waals surface area contributed by atoms with E-state index >= 15 is 0 Å². The van der Waals surface area contributed by atoms with Crippen LogP contribution in [0.5, 0.6) is 0 Å². The summed E-state index contributed by atoms with van der Waals surface area (Å²) in [6.07, 6.45) is 0. The van der Waals surface area contributed by atoms with Gasteiger partial charge in [-0.25, -0.2) is 0 Å². The fourth-order valence-electron chi connectivity index (χ4n) is 9.25. The fraction of sp³-hybridized carbons (Fsp3) is 0.0526. The molecule has 0 radical (unpaired) electrons. The average molecular weight is 772 g/mol. The number of para-hydroxylation sites is 1. The second-order valence-corrected chi connectivity index (χ2v) is 17.2. The standard InChI is InChI=1S/C57H41NS/c1-57(2)52-31-27-43(35-51(52)56-49(40-17-8-4-9-18-40)36-44(37-53(56)57)38-15-6-3-7-16-38)41-19-14-22-47(33-41)58(45-20-10-5-11-21-45)46-29-25-39(26-30-46)42-28-32-55-50(34-42)48-23-12-13-24-54(48)59-55/h3-37H,1-2H3. The Kier molecular flexibility index (Phi) is 8.43. The lowest BCUT2D eigenvalue weighted by Gasteiger charge is -2.26. The molecule has 280 valence electrons. The van der Waals surface area contributed by atoms with Gasteiger partial charge in [-0.1, -0.05) is 153 Å². The Morgan fingerprint density at radius 2 is 0.881 bits per heavy atom. The molecule has 0 fully saturated rings. The van der Waals surface area contributed by atoms with Crippen molar-refractivity contribution in [3.05, 3.63) is 223 Å². The topological polar surface area (TPSA) is 3.24 Å². The molecule has 1 heterocycles. The van der Waals surface area contributed by atoms with E-state index in [-0.39, 0.29) is 5.41 Å². The maximum Gasteiger partial charge on any atom is 0.0467 e. The van der Waals surface area contributed by atoms with E-state index in [1.807, 2.05) is 11.3 Å². The third-order valence-corrected chi connectivity index (χ3v) is 13.4. The Hall–Kier alpha value is -7.00. The minimum absolute atomic E-state index is 0.154. The van der Waals surface area contributed by atoms with Gasteiger partial charge in [0.25, 0.3) is 0 Å². The van der Waals surface area contributed by atoms with Crippen LogP contribution in [0.1, 0.15) is 25.0 Å². The Labute approximate surface area is 350 Å². The van der Waals surface area contributed by atoms with E-state index in [4.69, 9.17) is 0 Å². The Morgan fingerprint density at radius 3 is 1.66 bits per heavy atom. The quantitative estimate of drug-likeness (QED) is 0.156. The van der Waals surface area contributed by atoms with Gasteiger partial charge in [-0.3, -0.25) is 0 Å². The minimum Gasteiger partial charge on any atom is -0.310 e. The molecule has 2 heteroatoms. The van der Waals surface area contributed by atoms with Crippen molar-refractivity contribution in [3.8, 4) is 55.6 Å². The number of anilines is 3. The van der Waals surface area contributed by atoms with Crippen molar-refractivity contribution in [2.75, 3.05) is 4.90 Å². The molecule has 0 bridgehead atoms. The summed E-state index contributed by atoms with van der Waals surface area (Å²) in [6, 6.07) is 78.0. The van der Waals surface area contributed by atoms with Crippen LogP contribution in [-0.4, -0.2) is 0 Å². The van der Waals surface area contributed by atoms with Crippen molar-refractivity contribution in [3.63, 3.8) is 0 Å². The van der Waals surface area contributed by atoms with Gasteiger partial charge in [0.15, 0.2) is 0 Å². The first-order valence-corrected chi connectivity index (χ1v) is 21.2. The summed E-state index contributed by atoms with van der Waals surface area (Å²) in [6.45, 7) is 4.76. The Balaban J connectivity index is 0.995. The second-order valence-electron chi connectivity index (χ2n) is 16.1. The molecule has 9 aromatic carbocycles. The predicted molar refractivity (Wildman–Crippen MR) is 253 cm³/mol. The van der Waals surface area contributed by atoms with Crippen molar-refractivity contribution < 1.29 is 0 Å². The maximum atomic E-state index is 2.44. The third-order valence-electron chi connectivity index (χ3n) is 12.3. The van der Waals surface area contributed by atoms with Crippen LogP contribution in [0.15, 0.2) is 212 Å². The van der Waals surface area contributed by atoms with Gasteiger partial charge in [-0.05, 0) is 140 Å². The molecule has 0 saturated heterocycles. The van der Waals surface area contributed by atoms with Gasteiger partial charge in [0.05, 0.1) is 0 Å². The summed E-state index contributed by atoms with van der Waals surface area (Å²) in [5.41, 5.74) is 18.4. The molecule has 0 atom stereocenters. The summed E-state index contributed by atoms with van der Waals surface area (Å²) in [5.74, 6) is 0. The van der Waals surface area contributed by atoms with E-state index in [1.54, 1.807) is 0 Å². The number of hydrogen-bond donors (Lipinski definition) is 0. The van der Waals surface area contributed by atoms with Gasteiger partial charge in [0.2, 0.25) is 0 Å². The van der Waals surface area contributed by atoms with Crippen molar-refractivity contribution in [1.29, 1.82) is 0 Å². The van der Waals surface area contributed by atoms with Crippen LogP contribution in [-0.2, 0) is 5.41 Å². The molecule has 1 aliphatic rings. The van der Waals surface area contributed by atoms with Crippen LogP contribution in [0.2, 0.25) is 0 Å². The molecule has 0 unspecified atom stereocenters. The molecule has 0 spiro atoms. The number of hydrogen-bond acceptors (Lipinski definition) is 2. The van der Waals surface area contributed by atoms with Crippen molar-refractivity contribution in [1.82, 2.24) is 0 Å². The van der Waals surface area contributed by atoms with E-state index in [9.17, 15) is 0 Å². The van der Waals surface area contributed by atoms with Gasteiger partial charge in [-0.15, -0.1) is 11.3 Å². The molecular weight excluding hydrogens is 731 g/mol. The number of fused-ring (bicyclic) bond motifs is 6. The number of nitrogens with zero attached hydrogens (tertiary/aromatic N) is 1. The Morgan fingerprint density at radius 1 is 0.339 bits per heavy atom. The summed E-state index contributed by atoms with van der Waals surface area (Å²) >= 11 is 1.86. The monoisotopic (exact) mass is 771 g/mol. The van der Waals surface area contributed by atoms with Crippen LogP contribution in [0.25, 0.3) is 75.8 Å². The van der Waals surface area contributed by atoms with Crippen LogP contribution in [0.3, 0.4) is 0 Å². The fourth-order valence-corrected chi connectivity index (χ4v) is 10.3. The van der Waals surface area contributed by atoms with Crippen LogP contribution >= 0.6 is 11.3 Å². The number of benzene rings is 9. The maximum absolute atomic E-state index is 2.44. The molecule has 1 nitrogen and oxygen atoms in total. The molecule has 0 aliphatic heterocycles. The third kappa shape index (κ3) is 6.07. The lowest BCUT2D eigenvalue weighted by atomic mass is 9.80. The van der Waals surface area contributed by atoms with Crippen molar-refractivity contribution in [2.24, 2.45) is 0 Å². The lowest BCUT2D eigenvalue weighted by Crippen LogP contribution is -2.15. The zero-order valence-electron chi connectivity index (χ0n) is 33.1. The number of thiophene rings is 1. The first kappa shape index (κ1) is 35.2. The molecule has 59 heavy (non-hydrogen) atoms. The van der Waals surface area contributed by atoms with Crippen LogP contribution < -0.4 is 4.90 Å². The molecule has 0 saturated carbocycles. The van der Waals surface area contributed by atoms with Gasteiger partial charge in [0, 0.05) is 42.6 Å². The van der Waals surface area contributed by atoms with Crippen LogP contribution in [0.4, 0.5) is 17.1 Å². The van der Waals surface area contributed by atoms with E-state index in [0.717, 1.165) is 17.1 Å². The first-order chi connectivity index (χ1) is 29.0. The average Bonchev–Trinajstić information content (AvgIpc) is 3.78. The highest BCUT2D eigenvalue weighted by molar-refractivity contribution is 7.25. The SMILES string of the molecule is CC1(C)c2ccc(-c3cccc(N(c4ccccc4)c4ccc(-c5ccc6sc7ccccc7c6c5)cc4)c3)cc2-c2c(-c3ccccc3)cc(-c3ccccc3)cc21. The van der Waals surface area contributed by atoms with Gasteiger partial charge >= 0.3 is 0 Å². The number of rotatable bonds is 7. The molecule has 11 rings (SSSR count). The summed E-state index contributed by atoms with van der Waals surface area (Å²) in [5, 5.41) is 2.65. The zero-order valence-corrected chi connectivity index (χ0v) is 33.9. The van der Waals surface area contributed by atoms with E-state index in [0.29, 0.717) is 0 Å². The largest absolute Gasteiger partial charge is 0.310 e. The molecule has 10 aromatic rings. The molecule has 1 aromatic heterocycles. The smallest absolute Gasteiger partial charge is 0.0467 e. The van der Waals surface area contributed by atoms with E-state index in [1.165, 1.54) is 86.9 Å². The van der Waals surface area contributed by atoms with Gasteiger partial charge < -0.3 is 4.90 Å². The van der Waals surface area contributed by atoms with Gasteiger partial charge in [-0.2, -0.15) is 0 Å². The highest BCUT2D eigenvalue weighted by atomic mass is 32.1. The molecule has 0 amide bonds. The van der Waals surface area contributed by atoms with Crippen LogP contribution in [0, 0.1) is 0 Å². The van der Waals surface area contributed by atoms with Gasteiger partial charge in [0.1, 0.15) is 0 Å². The van der Waals surface area contributed by atoms with Crippen molar-refractivity contribution >= 4 is 48.6 Å². The summed E-state index contributed by atoms with van der Waals surface area (Å²) in [7, 11) is 0. The van der Waals surface area contributed by atoms with Crippen molar-refractivity contribution in [2.45, 2.75) is 19.3 Å². The highest BCUT2D eigenvalue weighted by Gasteiger charge is 2.38. The summed E-state index contributed by atoms with van der Waals surface area (Å²) < 4.78 is 2.66. The summed E-state index contributed by atoms with van der Waals surface area (Å²) in [4.78, 5) is 2.37. The molecule has 0 N–H and O–H groups in total. The zero-order chi connectivity index (χ0) is 39.5. The first-order valence-electron chi connectivity index (χ1n) is 20.4. The molecule has 1 aliphatic carbocycles. The lowest BCUT2D eigenvalue weighted by molar-refractivity contribution is 0.661. The second kappa shape index (κ2) is 14.1.